The van der Waals surface area contributed by atoms with Crippen molar-refractivity contribution < 1.29 is 23.9 Å². The highest BCUT2D eigenvalue weighted by Gasteiger charge is 2.21. The number of hydrogen-bond acceptors (Lipinski definition) is 5. The molecule has 128 valence electrons. The molecule has 2 rings (SSSR count). The number of nitrogens with one attached hydrogen (secondary N) is 1. The summed E-state index contributed by atoms with van der Waals surface area (Å²) in [6.07, 6.45) is 1.30. The number of carboxylic acid groups (broad SMARTS) is 1. The molecule has 0 aliphatic rings. The van der Waals surface area contributed by atoms with Gasteiger partial charge in [0.2, 0.25) is 0 Å². The van der Waals surface area contributed by atoms with Crippen molar-refractivity contribution in [3.05, 3.63) is 40.7 Å². The van der Waals surface area contributed by atoms with Crippen LogP contribution in [0.15, 0.2) is 28.9 Å². The SMILES string of the molecule is CCN(CCC(=O)O)C(=O)c1sc(NC(=O)c2ccco2)cc1C. The monoisotopic (exact) mass is 350 g/mol. The van der Waals surface area contributed by atoms with Crippen LogP contribution in [0.4, 0.5) is 5.00 Å². The van der Waals surface area contributed by atoms with E-state index in [1.54, 1.807) is 32.0 Å². The number of carboxylic acids is 1. The maximum Gasteiger partial charge on any atom is 0.305 e. The summed E-state index contributed by atoms with van der Waals surface area (Å²) in [7, 11) is 0. The number of amides is 2. The molecule has 0 aliphatic heterocycles. The summed E-state index contributed by atoms with van der Waals surface area (Å²) in [4.78, 5) is 37.2. The smallest absolute Gasteiger partial charge is 0.305 e. The number of furan rings is 1. The Morgan fingerprint density at radius 1 is 1.38 bits per heavy atom. The highest BCUT2D eigenvalue weighted by Crippen LogP contribution is 2.28. The van der Waals surface area contributed by atoms with E-state index in [1.807, 2.05) is 0 Å². The highest BCUT2D eigenvalue weighted by molar-refractivity contribution is 7.18. The van der Waals surface area contributed by atoms with Crippen LogP contribution < -0.4 is 5.32 Å². The first-order chi connectivity index (χ1) is 11.4. The van der Waals surface area contributed by atoms with Crippen molar-refractivity contribution in [3.63, 3.8) is 0 Å². The van der Waals surface area contributed by atoms with Gasteiger partial charge in [-0.05, 0) is 37.6 Å². The van der Waals surface area contributed by atoms with Gasteiger partial charge in [-0.25, -0.2) is 0 Å². The van der Waals surface area contributed by atoms with Crippen LogP contribution in [0.2, 0.25) is 0 Å². The minimum absolute atomic E-state index is 0.105. The predicted molar refractivity (Wildman–Crippen MR) is 89.5 cm³/mol. The number of anilines is 1. The quantitative estimate of drug-likeness (QED) is 0.800. The molecule has 0 atom stereocenters. The van der Waals surface area contributed by atoms with Crippen LogP contribution >= 0.6 is 11.3 Å². The van der Waals surface area contributed by atoms with E-state index in [4.69, 9.17) is 9.52 Å². The lowest BCUT2D eigenvalue weighted by Gasteiger charge is -2.19. The van der Waals surface area contributed by atoms with E-state index in [-0.39, 0.29) is 24.6 Å². The van der Waals surface area contributed by atoms with Crippen LogP contribution in [0.1, 0.15) is 39.1 Å². The topological polar surface area (TPSA) is 99.9 Å². The fourth-order valence-electron chi connectivity index (χ4n) is 2.11. The Morgan fingerprint density at radius 3 is 2.71 bits per heavy atom. The molecule has 0 unspecified atom stereocenters. The molecule has 2 amide bonds. The molecule has 24 heavy (non-hydrogen) atoms. The fraction of sp³-hybridized carbons (Fsp3) is 0.312. The van der Waals surface area contributed by atoms with Crippen molar-refractivity contribution in [1.82, 2.24) is 4.90 Å². The molecule has 7 nitrogen and oxygen atoms in total. The van der Waals surface area contributed by atoms with Gasteiger partial charge in [0, 0.05) is 13.1 Å². The third-order valence-electron chi connectivity index (χ3n) is 3.36. The zero-order chi connectivity index (χ0) is 17.7. The second-order valence-electron chi connectivity index (χ2n) is 5.08. The van der Waals surface area contributed by atoms with Gasteiger partial charge >= 0.3 is 5.97 Å². The molecule has 0 aliphatic carbocycles. The Labute approximate surface area is 142 Å². The number of carbonyl (C=O) groups excluding carboxylic acids is 2. The normalized spacial score (nSPS) is 10.4. The molecule has 0 saturated carbocycles. The first-order valence-electron chi connectivity index (χ1n) is 7.38. The third-order valence-corrected chi connectivity index (χ3v) is 4.50. The molecule has 2 aromatic rings. The zero-order valence-corrected chi connectivity index (χ0v) is 14.2. The van der Waals surface area contributed by atoms with Gasteiger partial charge in [-0.1, -0.05) is 0 Å². The molecule has 0 radical (unpaired) electrons. The van der Waals surface area contributed by atoms with Crippen LogP contribution in [0.25, 0.3) is 0 Å². The Hall–Kier alpha value is -2.61. The average molecular weight is 350 g/mol. The second kappa shape index (κ2) is 7.78. The van der Waals surface area contributed by atoms with E-state index >= 15 is 0 Å². The van der Waals surface area contributed by atoms with E-state index in [0.29, 0.717) is 16.4 Å². The minimum atomic E-state index is -0.949. The molecule has 0 fully saturated rings. The number of hydrogen-bond donors (Lipinski definition) is 2. The van der Waals surface area contributed by atoms with Gasteiger partial charge in [0.15, 0.2) is 5.76 Å². The lowest BCUT2D eigenvalue weighted by atomic mass is 10.2. The fourth-order valence-corrected chi connectivity index (χ4v) is 3.15. The highest BCUT2D eigenvalue weighted by atomic mass is 32.1. The Bertz CT molecular complexity index is 736. The first kappa shape index (κ1) is 17.7. The molecular formula is C16H18N2O5S. The largest absolute Gasteiger partial charge is 0.481 e. The molecule has 0 saturated heterocycles. The summed E-state index contributed by atoms with van der Waals surface area (Å²) in [5.74, 6) is -1.39. The number of aryl methyl sites for hydroxylation is 1. The van der Waals surface area contributed by atoms with Crippen LogP contribution in [-0.2, 0) is 4.79 Å². The lowest BCUT2D eigenvalue weighted by molar-refractivity contribution is -0.137. The Morgan fingerprint density at radius 2 is 2.12 bits per heavy atom. The van der Waals surface area contributed by atoms with Gasteiger partial charge in [-0.3, -0.25) is 14.4 Å². The van der Waals surface area contributed by atoms with Crippen molar-refractivity contribution in [2.75, 3.05) is 18.4 Å². The van der Waals surface area contributed by atoms with Crippen molar-refractivity contribution in [1.29, 1.82) is 0 Å². The van der Waals surface area contributed by atoms with Crippen molar-refractivity contribution in [2.24, 2.45) is 0 Å². The number of carbonyl (C=O) groups is 3. The summed E-state index contributed by atoms with van der Waals surface area (Å²) < 4.78 is 5.02. The maximum atomic E-state index is 12.5. The van der Waals surface area contributed by atoms with E-state index in [1.165, 1.54) is 11.2 Å². The summed E-state index contributed by atoms with van der Waals surface area (Å²) in [6.45, 7) is 4.13. The number of rotatable bonds is 7. The Kier molecular flexibility index (Phi) is 5.75. The molecule has 2 heterocycles. The van der Waals surface area contributed by atoms with E-state index < -0.39 is 11.9 Å². The zero-order valence-electron chi connectivity index (χ0n) is 13.4. The predicted octanol–water partition coefficient (Wildman–Crippen LogP) is 2.84. The van der Waals surface area contributed by atoms with Crippen molar-refractivity contribution in [3.8, 4) is 0 Å². The van der Waals surface area contributed by atoms with Gasteiger partial charge in [-0.15, -0.1) is 11.3 Å². The van der Waals surface area contributed by atoms with Gasteiger partial charge in [0.05, 0.1) is 22.6 Å². The first-order valence-corrected chi connectivity index (χ1v) is 8.20. The maximum absolute atomic E-state index is 12.5. The second-order valence-corrected chi connectivity index (χ2v) is 6.13. The third kappa shape index (κ3) is 4.23. The van der Waals surface area contributed by atoms with Crippen LogP contribution in [0, 0.1) is 6.92 Å². The Balaban J connectivity index is 2.10. The van der Waals surface area contributed by atoms with Gasteiger partial charge < -0.3 is 19.7 Å². The van der Waals surface area contributed by atoms with Crippen LogP contribution in [0.5, 0.6) is 0 Å². The van der Waals surface area contributed by atoms with E-state index in [0.717, 1.165) is 16.9 Å². The average Bonchev–Trinajstić information content (AvgIpc) is 3.17. The number of nitrogens with zero attached hydrogens (tertiary/aromatic N) is 1. The summed E-state index contributed by atoms with van der Waals surface area (Å²) in [6, 6.07) is 4.88. The van der Waals surface area contributed by atoms with E-state index in [9.17, 15) is 14.4 Å². The van der Waals surface area contributed by atoms with Gasteiger partial charge in [0.25, 0.3) is 11.8 Å². The van der Waals surface area contributed by atoms with Crippen LogP contribution in [0.3, 0.4) is 0 Å². The lowest BCUT2D eigenvalue weighted by Crippen LogP contribution is -2.32. The van der Waals surface area contributed by atoms with E-state index in [2.05, 4.69) is 5.32 Å². The van der Waals surface area contributed by atoms with Gasteiger partial charge in [-0.2, -0.15) is 0 Å². The molecule has 2 aromatic heterocycles. The molecule has 0 aromatic carbocycles. The van der Waals surface area contributed by atoms with Crippen molar-refractivity contribution >= 4 is 34.1 Å². The molecule has 8 heteroatoms. The van der Waals surface area contributed by atoms with Crippen LogP contribution in [-0.4, -0.2) is 40.9 Å². The minimum Gasteiger partial charge on any atom is -0.481 e. The summed E-state index contributed by atoms with van der Waals surface area (Å²) in [5, 5.41) is 12.0. The number of thiophene rings is 1. The number of aliphatic carboxylic acids is 1. The molecule has 0 bridgehead atoms. The van der Waals surface area contributed by atoms with Gasteiger partial charge in [0.1, 0.15) is 0 Å². The standard InChI is InChI=1S/C16H18N2O5S/c1-3-18(7-6-13(19)20)16(22)14-10(2)9-12(24-14)17-15(21)11-5-4-8-23-11/h4-5,8-9H,3,6-7H2,1-2H3,(H,17,21)(H,19,20). The summed E-state index contributed by atoms with van der Waals surface area (Å²) in [5.41, 5.74) is 0.730. The molecular weight excluding hydrogens is 332 g/mol. The molecule has 2 N–H and O–H groups in total. The van der Waals surface area contributed by atoms with Crippen molar-refractivity contribution in [2.45, 2.75) is 20.3 Å². The molecule has 0 spiro atoms. The summed E-state index contributed by atoms with van der Waals surface area (Å²) >= 11 is 1.16.